The highest BCUT2D eigenvalue weighted by molar-refractivity contribution is 5.93. The van der Waals surface area contributed by atoms with Gasteiger partial charge in [-0.1, -0.05) is 48.5 Å². The molecule has 0 N–H and O–H groups in total. The fourth-order valence-electron chi connectivity index (χ4n) is 4.44. The number of carbonyl (C=O) groups is 1. The summed E-state index contributed by atoms with van der Waals surface area (Å²) in [6.07, 6.45) is 8.50. The van der Waals surface area contributed by atoms with Crippen LogP contribution in [0.5, 0.6) is 0 Å². The fraction of sp³-hybridized carbons (Fsp3) is 0.207. The molecule has 0 amide bonds. The van der Waals surface area contributed by atoms with Crippen LogP contribution in [0.2, 0.25) is 0 Å². The van der Waals surface area contributed by atoms with Gasteiger partial charge in [0, 0.05) is 36.6 Å². The van der Waals surface area contributed by atoms with Crippen molar-refractivity contribution in [2.75, 3.05) is 0 Å². The Hall–Kier alpha value is -3.59. The zero-order valence-electron chi connectivity index (χ0n) is 18.6. The van der Waals surface area contributed by atoms with Gasteiger partial charge in [-0.15, -0.1) is 0 Å². The van der Waals surface area contributed by atoms with E-state index in [0.717, 1.165) is 33.4 Å². The quantitative estimate of drug-likeness (QED) is 0.350. The number of aromatic nitrogens is 2. The van der Waals surface area contributed by atoms with Crippen LogP contribution in [0.1, 0.15) is 45.2 Å². The highest BCUT2D eigenvalue weighted by atomic mass is 16.1. The normalized spacial score (nSPS) is 12.8. The molecule has 0 aliphatic rings. The molecule has 4 aromatic rings. The van der Waals surface area contributed by atoms with Gasteiger partial charge < -0.3 is 0 Å². The lowest BCUT2D eigenvalue weighted by Gasteiger charge is -2.26. The third-order valence-electron chi connectivity index (χ3n) is 6.19. The fourth-order valence-corrected chi connectivity index (χ4v) is 4.44. The predicted octanol–water partition coefficient (Wildman–Crippen LogP) is 6.02. The van der Waals surface area contributed by atoms with E-state index < -0.39 is 0 Å². The monoisotopic (exact) mass is 420 g/mol. The summed E-state index contributed by atoms with van der Waals surface area (Å²) < 4.78 is 0. The maximum Gasteiger partial charge on any atom is 0.148 e. The van der Waals surface area contributed by atoms with E-state index in [1.165, 1.54) is 0 Å². The Labute approximate surface area is 190 Å². The third kappa shape index (κ3) is 5.00. The van der Waals surface area contributed by atoms with Gasteiger partial charge >= 0.3 is 0 Å². The zero-order chi connectivity index (χ0) is 22.3. The minimum Gasteiger partial charge on any atom is -0.298 e. The zero-order valence-corrected chi connectivity index (χ0v) is 18.6. The van der Waals surface area contributed by atoms with E-state index in [4.69, 9.17) is 0 Å². The smallest absolute Gasteiger partial charge is 0.148 e. The molecule has 0 spiro atoms. The van der Waals surface area contributed by atoms with Gasteiger partial charge in [-0.05, 0) is 84.3 Å². The molecule has 32 heavy (non-hydrogen) atoms. The van der Waals surface area contributed by atoms with E-state index in [1.54, 1.807) is 24.8 Å². The summed E-state index contributed by atoms with van der Waals surface area (Å²) in [5.74, 6) is -0.211. The molecule has 2 atom stereocenters. The van der Waals surface area contributed by atoms with Crippen LogP contribution in [0.3, 0.4) is 0 Å². The van der Waals surface area contributed by atoms with Crippen LogP contribution >= 0.6 is 0 Å². The van der Waals surface area contributed by atoms with Gasteiger partial charge in [-0.25, -0.2) is 0 Å². The van der Waals surface area contributed by atoms with E-state index in [-0.39, 0.29) is 17.6 Å². The molecule has 0 aliphatic heterocycles. The van der Waals surface area contributed by atoms with Crippen molar-refractivity contribution >= 4 is 5.78 Å². The number of ketones is 1. The molecule has 0 bridgehead atoms. The van der Waals surface area contributed by atoms with Crippen molar-refractivity contribution in [2.24, 2.45) is 0 Å². The molecule has 2 unspecified atom stereocenters. The van der Waals surface area contributed by atoms with Crippen LogP contribution in [0.4, 0.5) is 0 Å². The van der Waals surface area contributed by atoms with Gasteiger partial charge in [0.25, 0.3) is 0 Å². The SMILES string of the molecule is Cc1ccccc1C(Cc1ccncc1)C(=O)C(Cc1ccncc1)c1ccccc1C. The second-order valence-corrected chi connectivity index (χ2v) is 8.34. The number of rotatable bonds is 8. The number of nitrogens with zero attached hydrogens (tertiary/aromatic N) is 2. The van der Waals surface area contributed by atoms with Crippen molar-refractivity contribution in [3.8, 4) is 0 Å². The standard InChI is InChI=1S/C29H28N2O/c1-21-7-3-5-9-25(21)27(19-23-11-15-30-16-12-23)29(32)28(20-24-13-17-31-18-14-24)26-10-6-4-8-22(26)2/h3-18,27-28H,19-20H2,1-2H3. The van der Waals surface area contributed by atoms with Gasteiger partial charge in [0.15, 0.2) is 0 Å². The van der Waals surface area contributed by atoms with Crippen molar-refractivity contribution in [1.29, 1.82) is 0 Å². The summed E-state index contributed by atoms with van der Waals surface area (Å²) >= 11 is 0. The van der Waals surface area contributed by atoms with Crippen LogP contribution in [0.15, 0.2) is 97.6 Å². The summed E-state index contributed by atoms with van der Waals surface area (Å²) in [6.45, 7) is 4.18. The predicted molar refractivity (Wildman–Crippen MR) is 129 cm³/mol. The second-order valence-electron chi connectivity index (χ2n) is 8.34. The van der Waals surface area contributed by atoms with Gasteiger partial charge in [0.1, 0.15) is 5.78 Å². The number of hydrogen-bond donors (Lipinski definition) is 0. The molecule has 2 aromatic carbocycles. The lowest BCUT2D eigenvalue weighted by atomic mass is 9.76. The van der Waals surface area contributed by atoms with Gasteiger partial charge in [-0.3, -0.25) is 14.8 Å². The van der Waals surface area contributed by atoms with Crippen LogP contribution in [-0.2, 0) is 17.6 Å². The molecule has 0 saturated carbocycles. The van der Waals surface area contributed by atoms with Crippen LogP contribution in [0.25, 0.3) is 0 Å². The minimum atomic E-state index is -0.231. The first-order valence-electron chi connectivity index (χ1n) is 11.1. The molecule has 3 heteroatoms. The Morgan fingerprint density at radius 1 is 0.625 bits per heavy atom. The summed E-state index contributed by atoms with van der Waals surface area (Å²) in [6, 6.07) is 24.5. The Bertz CT molecular complexity index is 1080. The molecule has 0 saturated heterocycles. The lowest BCUT2D eigenvalue weighted by Crippen LogP contribution is -2.25. The molecule has 0 radical (unpaired) electrons. The van der Waals surface area contributed by atoms with Gasteiger partial charge in [0.2, 0.25) is 0 Å². The highest BCUT2D eigenvalue weighted by Gasteiger charge is 2.31. The topological polar surface area (TPSA) is 42.9 Å². The van der Waals surface area contributed by atoms with Crippen molar-refractivity contribution in [1.82, 2.24) is 9.97 Å². The summed E-state index contributed by atoms with van der Waals surface area (Å²) in [5, 5.41) is 0. The average molecular weight is 421 g/mol. The lowest BCUT2D eigenvalue weighted by molar-refractivity contribution is -0.122. The van der Waals surface area contributed by atoms with E-state index >= 15 is 0 Å². The number of aryl methyl sites for hydroxylation is 2. The largest absolute Gasteiger partial charge is 0.298 e. The maximum absolute atomic E-state index is 14.3. The Morgan fingerprint density at radius 2 is 1.00 bits per heavy atom. The number of hydrogen-bond acceptors (Lipinski definition) is 3. The molecule has 2 heterocycles. The van der Waals surface area contributed by atoms with Gasteiger partial charge in [0.05, 0.1) is 0 Å². The first kappa shape index (κ1) is 21.6. The van der Waals surface area contributed by atoms with E-state index in [1.807, 2.05) is 48.5 Å². The summed E-state index contributed by atoms with van der Waals surface area (Å²) in [5.41, 5.74) is 6.73. The van der Waals surface area contributed by atoms with Crippen LogP contribution < -0.4 is 0 Å². The van der Waals surface area contributed by atoms with Crippen LogP contribution in [-0.4, -0.2) is 15.8 Å². The Morgan fingerprint density at radius 3 is 1.38 bits per heavy atom. The van der Waals surface area contributed by atoms with Crippen LogP contribution in [0, 0.1) is 13.8 Å². The van der Waals surface area contributed by atoms with Gasteiger partial charge in [-0.2, -0.15) is 0 Å². The molecular formula is C29H28N2O. The molecule has 2 aromatic heterocycles. The molecule has 4 rings (SSSR count). The first-order valence-corrected chi connectivity index (χ1v) is 11.1. The summed E-state index contributed by atoms with van der Waals surface area (Å²) in [4.78, 5) is 22.6. The van der Waals surface area contributed by atoms with Crippen molar-refractivity contribution in [3.05, 3.63) is 131 Å². The molecule has 3 nitrogen and oxygen atoms in total. The van der Waals surface area contributed by atoms with Crippen molar-refractivity contribution in [2.45, 2.75) is 38.5 Å². The second kappa shape index (κ2) is 10.1. The van der Waals surface area contributed by atoms with E-state index in [0.29, 0.717) is 12.8 Å². The van der Waals surface area contributed by atoms with Crippen molar-refractivity contribution < 1.29 is 4.79 Å². The molecular weight excluding hydrogens is 392 g/mol. The Balaban J connectivity index is 1.78. The Kier molecular flexibility index (Phi) is 6.86. The maximum atomic E-state index is 14.3. The molecule has 160 valence electrons. The number of carbonyl (C=O) groups excluding carboxylic acids is 1. The number of pyridine rings is 2. The molecule has 0 aliphatic carbocycles. The van der Waals surface area contributed by atoms with E-state index in [9.17, 15) is 4.79 Å². The highest BCUT2D eigenvalue weighted by Crippen LogP contribution is 2.34. The first-order chi connectivity index (χ1) is 15.6. The minimum absolute atomic E-state index is 0.231. The summed E-state index contributed by atoms with van der Waals surface area (Å²) in [7, 11) is 0. The third-order valence-corrected chi connectivity index (χ3v) is 6.19. The molecule has 0 fully saturated rings. The number of Topliss-reactive ketones (excluding diaryl/α,β-unsaturated/α-hetero) is 1. The number of benzene rings is 2. The van der Waals surface area contributed by atoms with E-state index in [2.05, 4.69) is 48.1 Å². The van der Waals surface area contributed by atoms with Crippen molar-refractivity contribution in [3.63, 3.8) is 0 Å². The average Bonchev–Trinajstić information content (AvgIpc) is 2.83.